The lowest BCUT2D eigenvalue weighted by Gasteiger charge is -2.31. The van der Waals surface area contributed by atoms with Crippen molar-refractivity contribution in [3.63, 3.8) is 0 Å². The van der Waals surface area contributed by atoms with Crippen molar-refractivity contribution in [2.24, 2.45) is 0 Å². The fourth-order valence-electron chi connectivity index (χ4n) is 3.24. The quantitative estimate of drug-likeness (QED) is 0.913. The van der Waals surface area contributed by atoms with E-state index in [4.69, 9.17) is 4.42 Å². The molecule has 1 aromatic rings. The Balaban J connectivity index is 1.80. The highest BCUT2D eigenvalue weighted by molar-refractivity contribution is 5.93. The first-order valence-electron chi connectivity index (χ1n) is 7.67. The minimum Gasteiger partial charge on any atom is -0.444 e. The third kappa shape index (κ3) is 2.66. The molecule has 1 aliphatic heterocycles. The summed E-state index contributed by atoms with van der Waals surface area (Å²) in [5.74, 6) is 1.34. The van der Waals surface area contributed by atoms with Gasteiger partial charge in [-0.15, -0.1) is 0 Å². The molecule has 3 rings (SSSR count). The van der Waals surface area contributed by atoms with Crippen molar-refractivity contribution in [3.8, 4) is 0 Å². The van der Waals surface area contributed by atoms with Gasteiger partial charge in [-0.2, -0.15) is 0 Å². The van der Waals surface area contributed by atoms with E-state index in [2.05, 4.69) is 10.3 Å². The zero-order valence-corrected chi connectivity index (χ0v) is 12.4. The Labute approximate surface area is 123 Å². The molecule has 1 saturated carbocycles. The fourth-order valence-corrected chi connectivity index (χ4v) is 3.24. The van der Waals surface area contributed by atoms with Gasteiger partial charge < -0.3 is 14.6 Å². The van der Waals surface area contributed by atoms with E-state index in [9.17, 15) is 9.59 Å². The Bertz CT molecular complexity index is 546. The first kappa shape index (κ1) is 14.1. The molecule has 2 amide bonds. The summed E-state index contributed by atoms with van der Waals surface area (Å²) in [6, 6.07) is 0. The second-order valence-corrected chi connectivity index (χ2v) is 5.89. The number of aryl methyl sites for hydroxylation is 1. The summed E-state index contributed by atoms with van der Waals surface area (Å²) in [5.41, 5.74) is -0.687. The Kier molecular flexibility index (Phi) is 3.69. The van der Waals surface area contributed by atoms with E-state index in [0.717, 1.165) is 37.9 Å². The van der Waals surface area contributed by atoms with Gasteiger partial charge in [0.15, 0.2) is 0 Å². The highest BCUT2D eigenvalue weighted by atomic mass is 16.4. The predicted molar refractivity (Wildman–Crippen MR) is 75.3 cm³/mol. The molecule has 2 heterocycles. The van der Waals surface area contributed by atoms with Gasteiger partial charge in [0.2, 0.25) is 17.7 Å². The van der Waals surface area contributed by atoms with Crippen LogP contribution in [0.3, 0.4) is 0 Å². The normalized spacial score (nSPS) is 21.7. The van der Waals surface area contributed by atoms with Gasteiger partial charge in [0, 0.05) is 19.4 Å². The standard InChI is InChI=1S/C15H21N3O3/c1-2-11-9-16-13(21-11)10-18-8-5-12(19)17-15(14(18)20)6-3-4-7-15/h9H,2-8,10H2,1H3,(H,17,19). The smallest absolute Gasteiger partial charge is 0.248 e. The largest absolute Gasteiger partial charge is 0.444 e. The first-order valence-corrected chi connectivity index (χ1v) is 7.67. The van der Waals surface area contributed by atoms with Gasteiger partial charge in [-0.1, -0.05) is 19.8 Å². The second-order valence-electron chi connectivity index (χ2n) is 5.89. The van der Waals surface area contributed by atoms with Gasteiger partial charge in [0.25, 0.3) is 0 Å². The average molecular weight is 291 g/mol. The van der Waals surface area contributed by atoms with Crippen molar-refractivity contribution in [3.05, 3.63) is 17.8 Å². The van der Waals surface area contributed by atoms with Crippen molar-refractivity contribution in [2.75, 3.05) is 6.54 Å². The number of hydrogen-bond donors (Lipinski definition) is 1. The van der Waals surface area contributed by atoms with Crippen LogP contribution in [0, 0.1) is 0 Å². The summed E-state index contributed by atoms with van der Waals surface area (Å²) in [4.78, 5) is 30.7. The molecule has 1 N–H and O–H groups in total. The summed E-state index contributed by atoms with van der Waals surface area (Å²) in [6.45, 7) is 2.77. The lowest BCUT2D eigenvalue weighted by Crippen LogP contribution is -2.55. The van der Waals surface area contributed by atoms with Crippen LogP contribution in [0.5, 0.6) is 0 Å². The highest BCUT2D eigenvalue weighted by Crippen LogP contribution is 2.33. The molecule has 2 fully saturated rings. The lowest BCUT2D eigenvalue weighted by atomic mass is 9.96. The SMILES string of the molecule is CCc1cnc(CN2CCC(=O)NC3(CCCC3)C2=O)o1. The monoisotopic (exact) mass is 291 g/mol. The van der Waals surface area contributed by atoms with Crippen molar-refractivity contribution >= 4 is 11.8 Å². The molecule has 0 radical (unpaired) electrons. The molecule has 0 unspecified atom stereocenters. The summed E-state index contributed by atoms with van der Waals surface area (Å²) < 4.78 is 5.59. The number of rotatable bonds is 3. The number of carbonyl (C=O) groups excluding carboxylic acids is 2. The third-order valence-corrected chi connectivity index (χ3v) is 4.42. The molecular formula is C15H21N3O3. The summed E-state index contributed by atoms with van der Waals surface area (Å²) >= 11 is 0. The Morgan fingerprint density at radius 1 is 1.38 bits per heavy atom. The maximum atomic E-state index is 12.8. The molecule has 1 aliphatic carbocycles. The van der Waals surface area contributed by atoms with Gasteiger partial charge in [-0.25, -0.2) is 4.98 Å². The van der Waals surface area contributed by atoms with Crippen molar-refractivity contribution < 1.29 is 14.0 Å². The Morgan fingerprint density at radius 3 is 2.81 bits per heavy atom. The number of oxazole rings is 1. The predicted octanol–water partition coefficient (Wildman–Crippen LogP) is 1.40. The van der Waals surface area contributed by atoms with Gasteiger partial charge in [0.1, 0.15) is 11.3 Å². The second kappa shape index (κ2) is 5.50. The van der Waals surface area contributed by atoms with Gasteiger partial charge in [-0.05, 0) is 12.8 Å². The molecule has 0 bridgehead atoms. The number of nitrogens with one attached hydrogen (secondary N) is 1. The summed E-state index contributed by atoms with van der Waals surface area (Å²) in [5, 5.41) is 2.95. The van der Waals surface area contributed by atoms with Crippen LogP contribution in [0.1, 0.15) is 50.7 Å². The molecule has 1 aromatic heterocycles. The van der Waals surface area contributed by atoms with Gasteiger partial charge in [0.05, 0.1) is 12.7 Å². The molecule has 21 heavy (non-hydrogen) atoms. The third-order valence-electron chi connectivity index (χ3n) is 4.42. The lowest BCUT2D eigenvalue weighted by molar-refractivity contribution is -0.139. The molecule has 6 heteroatoms. The van der Waals surface area contributed by atoms with E-state index in [0.29, 0.717) is 25.4 Å². The molecule has 0 aromatic carbocycles. The maximum Gasteiger partial charge on any atom is 0.248 e. The van der Waals surface area contributed by atoms with Crippen LogP contribution in [0.4, 0.5) is 0 Å². The highest BCUT2D eigenvalue weighted by Gasteiger charge is 2.46. The van der Waals surface area contributed by atoms with E-state index >= 15 is 0 Å². The van der Waals surface area contributed by atoms with Crippen LogP contribution in [0.2, 0.25) is 0 Å². The van der Waals surface area contributed by atoms with Crippen molar-refractivity contribution in [1.29, 1.82) is 0 Å². The fraction of sp³-hybridized carbons (Fsp3) is 0.667. The first-order chi connectivity index (χ1) is 10.1. The molecule has 0 atom stereocenters. The average Bonchev–Trinajstić information content (AvgIpc) is 3.09. The van der Waals surface area contributed by atoms with Crippen LogP contribution in [0.25, 0.3) is 0 Å². The van der Waals surface area contributed by atoms with E-state index in [1.165, 1.54) is 0 Å². The van der Waals surface area contributed by atoms with Gasteiger partial charge >= 0.3 is 0 Å². The molecule has 6 nitrogen and oxygen atoms in total. The maximum absolute atomic E-state index is 12.8. The van der Waals surface area contributed by atoms with Gasteiger partial charge in [-0.3, -0.25) is 9.59 Å². The Morgan fingerprint density at radius 2 is 2.14 bits per heavy atom. The van der Waals surface area contributed by atoms with E-state index in [-0.39, 0.29) is 11.8 Å². The van der Waals surface area contributed by atoms with Crippen LogP contribution < -0.4 is 5.32 Å². The number of carbonyl (C=O) groups is 2. The molecule has 114 valence electrons. The molecular weight excluding hydrogens is 270 g/mol. The van der Waals surface area contributed by atoms with Crippen molar-refractivity contribution in [1.82, 2.24) is 15.2 Å². The molecule has 1 saturated heterocycles. The van der Waals surface area contributed by atoms with E-state index in [1.807, 2.05) is 6.92 Å². The minimum atomic E-state index is -0.687. The summed E-state index contributed by atoms with van der Waals surface area (Å²) in [6.07, 6.45) is 6.27. The van der Waals surface area contributed by atoms with Crippen LogP contribution in [0.15, 0.2) is 10.6 Å². The van der Waals surface area contributed by atoms with Crippen LogP contribution >= 0.6 is 0 Å². The molecule has 2 aliphatic rings. The van der Waals surface area contributed by atoms with Crippen LogP contribution in [-0.4, -0.2) is 33.8 Å². The van der Waals surface area contributed by atoms with Crippen molar-refractivity contribution in [2.45, 2.75) is 57.5 Å². The number of aromatic nitrogens is 1. The van der Waals surface area contributed by atoms with Crippen LogP contribution in [-0.2, 0) is 22.6 Å². The topological polar surface area (TPSA) is 75.4 Å². The van der Waals surface area contributed by atoms with E-state index in [1.54, 1.807) is 11.1 Å². The summed E-state index contributed by atoms with van der Waals surface area (Å²) in [7, 11) is 0. The number of nitrogens with zero attached hydrogens (tertiary/aromatic N) is 2. The zero-order valence-electron chi connectivity index (χ0n) is 12.4. The number of amides is 2. The molecule has 1 spiro atoms. The number of hydrogen-bond acceptors (Lipinski definition) is 4. The zero-order chi connectivity index (χ0) is 14.9. The van der Waals surface area contributed by atoms with E-state index < -0.39 is 5.54 Å². The minimum absolute atomic E-state index is 0.0158. The Hall–Kier alpha value is -1.85.